The Morgan fingerprint density at radius 2 is 1.75 bits per heavy atom. The summed E-state index contributed by atoms with van der Waals surface area (Å²) in [5.74, 6) is -0.448. The molecule has 28 heavy (non-hydrogen) atoms. The molecule has 0 saturated heterocycles. The van der Waals surface area contributed by atoms with Crippen LogP contribution in [0.25, 0.3) is 16.6 Å². The molecule has 0 spiro atoms. The van der Waals surface area contributed by atoms with E-state index in [0.717, 1.165) is 10.1 Å². The van der Waals surface area contributed by atoms with Crippen LogP contribution in [0.2, 0.25) is 5.02 Å². The van der Waals surface area contributed by atoms with E-state index < -0.39 is 11.5 Å². The van der Waals surface area contributed by atoms with E-state index in [2.05, 4.69) is 0 Å². The fourth-order valence-corrected chi connectivity index (χ4v) is 3.52. The minimum absolute atomic E-state index is 0.116. The number of hydrogen-bond acceptors (Lipinski definition) is 2. The van der Waals surface area contributed by atoms with E-state index in [-0.39, 0.29) is 17.1 Å². The second-order valence-corrected chi connectivity index (χ2v) is 7.01. The van der Waals surface area contributed by atoms with Crippen molar-refractivity contribution in [2.45, 2.75) is 13.5 Å². The molecule has 0 aliphatic rings. The van der Waals surface area contributed by atoms with Gasteiger partial charge in [0.15, 0.2) is 0 Å². The minimum atomic E-state index is -0.477. The summed E-state index contributed by atoms with van der Waals surface area (Å²) in [5.41, 5.74) is 1.67. The van der Waals surface area contributed by atoms with Crippen molar-refractivity contribution in [1.29, 1.82) is 0 Å². The van der Waals surface area contributed by atoms with Gasteiger partial charge in [-0.1, -0.05) is 41.9 Å². The van der Waals surface area contributed by atoms with Gasteiger partial charge in [-0.15, -0.1) is 0 Å². The molecule has 0 saturated carbocycles. The van der Waals surface area contributed by atoms with Gasteiger partial charge in [0, 0.05) is 5.02 Å². The van der Waals surface area contributed by atoms with Crippen LogP contribution in [0.5, 0.6) is 0 Å². The van der Waals surface area contributed by atoms with Crippen LogP contribution in [-0.4, -0.2) is 9.13 Å². The van der Waals surface area contributed by atoms with Crippen molar-refractivity contribution >= 4 is 22.5 Å². The van der Waals surface area contributed by atoms with Crippen molar-refractivity contribution in [1.82, 2.24) is 9.13 Å². The number of aromatic nitrogens is 2. The summed E-state index contributed by atoms with van der Waals surface area (Å²) in [6, 6.07) is 18.2. The standard InChI is InChI=1S/C22H16ClFN2O2/c1-14-5-4-6-17(11-14)26-21(27)18-7-2-3-8-20(18)25(22(26)28)13-15-9-10-16(24)12-19(15)23/h2-12H,13H2,1H3. The number of rotatable bonds is 3. The van der Waals surface area contributed by atoms with Crippen LogP contribution in [0, 0.1) is 12.7 Å². The number of benzene rings is 3. The molecule has 0 radical (unpaired) electrons. The third-order valence-electron chi connectivity index (χ3n) is 4.65. The summed E-state index contributed by atoms with van der Waals surface area (Å²) in [5, 5.41) is 0.645. The van der Waals surface area contributed by atoms with Crippen molar-refractivity contribution in [3.8, 4) is 5.69 Å². The van der Waals surface area contributed by atoms with E-state index >= 15 is 0 Å². The molecule has 0 atom stereocenters. The third kappa shape index (κ3) is 3.14. The first-order chi connectivity index (χ1) is 13.5. The maximum Gasteiger partial charge on any atom is 0.336 e. The number of halogens is 2. The zero-order valence-electron chi connectivity index (χ0n) is 15.0. The molecule has 6 heteroatoms. The Balaban J connectivity index is 2.03. The largest absolute Gasteiger partial charge is 0.336 e. The van der Waals surface area contributed by atoms with Gasteiger partial charge in [0.1, 0.15) is 5.82 Å². The van der Waals surface area contributed by atoms with Crippen molar-refractivity contribution in [3.05, 3.63) is 110 Å². The molecule has 1 heterocycles. The minimum Gasteiger partial charge on any atom is -0.288 e. The van der Waals surface area contributed by atoms with Crippen LogP contribution in [0.15, 0.2) is 76.3 Å². The van der Waals surface area contributed by atoms with Gasteiger partial charge in [-0.3, -0.25) is 9.36 Å². The molecule has 0 aliphatic heterocycles. The van der Waals surface area contributed by atoms with Gasteiger partial charge in [-0.25, -0.2) is 13.8 Å². The highest BCUT2D eigenvalue weighted by atomic mass is 35.5. The number of hydrogen-bond donors (Lipinski definition) is 0. The fraction of sp³-hybridized carbons (Fsp3) is 0.0909. The molecule has 0 unspecified atom stereocenters. The molecule has 3 aromatic carbocycles. The van der Waals surface area contributed by atoms with Gasteiger partial charge in [0.05, 0.1) is 23.1 Å². The van der Waals surface area contributed by atoms with E-state index in [4.69, 9.17) is 11.6 Å². The highest BCUT2D eigenvalue weighted by Gasteiger charge is 2.15. The summed E-state index contributed by atoms with van der Waals surface area (Å²) < 4.78 is 16.0. The number of para-hydroxylation sites is 1. The van der Waals surface area contributed by atoms with E-state index in [9.17, 15) is 14.0 Å². The zero-order chi connectivity index (χ0) is 19.8. The van der Waals surface area contributed by atoms with Crippen LogP contribution in [0.1, 0.15) is 11.1 Å². The van der Waals surface area contributed by atoms with Crippen LogP contribution in [-0.2, 0) is 6.54 Å². The predicted molar refractivity (Wildman–Crippen MR) is 109 cm³/mol. The average Bonchev–Trinajstić information content (AvgIpc) is 2.67. The Morgan fingerprint density at radius 1 is 0.964 bits per heavy atom. The van der Waals surface area contributed by atoms with Crippen molar-refractivity contribution in [2.75, 3.05) is 0 Å². The molecule has 0 amide bonds. The maximum atomic E-state index is 13.4. The Morgan fingerprint density at radius 3 is 2.50 bits per heavy atom. The lowest BCUT2D eigenvalue weighted by atomic mass is 10.2. The van der Waals surface area contributed by atoms with Crippen LogP contribution >= 0.6 is 11.6 Å². The second kappa shape index (κ2) is 7.09. The van der Waals surface area contributed by atoms with E-state index in [1.54, 1.807) is 48.5 Å². The molecule has 0 N–H and O–H groups in total. The molecule has 4 nitrogen and oxygen atoms in total. The monoisotopic (exact) mass is 394 g/mol. The van der Waals surface area contributed by atoms with Crippen LogP contribution in [0.3, 0.4) is 0 Å². The highest BCUT2D eigenvalue weighted by Crippen LogP contribution is 2.20. The van der Waals surface area contributed by atoms with Crippen molar-refractivity contribution < 1.29 is 4.39 Å². The van der Waals surface area contributed by atoms with E-state index in [1.165, 1.54) is 16.7 Å². The molecular formula is C22H16ClFN2O2. The second-order valence-electron chi connectivity index (χ2n) is 6.60. The third-order valence-corrected chi connectivity index (χ3v) is 5.01. The number of nitrogens with zero attached hydrogens (tertiary/aromatic N) is 2. The van der Waals surface area contributed by atoms with Crippen molar-refractivity contribution in [3.63, 3.8) is 0 Å². The average molecular weight is 395 g/mol. The smallest absolute Gasteiger partial charge is 0.288 e. The van der Waals surface area contributed by atoms with Gasteiger partial charge >= 0.3 is 5.69 Å². The molecule has 0 fully saturated rings. The van der Waals surface area contributed by atoms with Crippen LogP contribution < -0.4 is 11.2 Å². The van der Waals surface area contributed by atoms with E-state index in [1.807, 2.05) is 13.0 Å². The summed E-state index contributed by atoms with van der Waals surface area (Å²) in [6.07, 6.45) is 0. The first-order valence-corrected chi connectivity index (χ1v) is 9.09. The van der Waals surface area contributed by atoms with Gasteiger partial charge in [-0.2, -0.15) is 0 Å². The molecule has 0 bridgehead atoms. The van der Waals surface area contributed by atoms with Gasteiger partial charge in [0.2, 0.25) is 0 Å². The normalized spacial score (nSPS) is 11.1. The first-order valence-electron chi connectivity index (χ1n) is 8.71. The maximum absolute atomic E-state index is 13.4. The lowest BCUT2D eigenvalue weighted by molar-refractivity contribution is 0.626. The summed E-state index contributed by atoms with van der Waals surface area (Å²) in [7, 11) is 0. The molecule has 0 aliphatic carbocycles. The Bertz CT molecular complexity index is 1320. The topological polar surface area (TPSA) is 44.0 Å². The quantitative estimate of drug-likeness (QED) is 0.520. The molecule has 1 aromatic heterocycles. The molecule has 140 valence electrons. The SMILES string of the molecule is Cc1cccc(-n2c(=O)c3ccccc3n(Cc3ccc(F)cc3Cl)c2=O)c1. The molecule has 4 aromatic rings. The summed E-state index contributed by atoms with van der Waals surface area (Å²) in [4.78, 5) is 26.4. The van der Waals surface area contributed by atoms with E-state index in [0.29, 0.717) is 22.2 Å². The van der Waals surface area contributed by atoms with Gasteiger partial charge in [0.25, 0.3) is 5.56 Å². The number of fused-ring (bicyclic) bond motifs is 1. The lowest BCUT2D eigenvalue weighted by Gasteiger charge is -2.15. The van der Waals surface area contributed by atoms with Gasteiger partial charge < -0.3 is 0 Å². The zero-order valence-corrected chi connectivity index (χ0v) is 15.8. The van der Waals surface area contributed by atoms with Crippen LogP contribution in [0.4, 0.5) is 4.39 Å². The summed E-state index contributed by atoms with van der Waals surface area (Å²) in [6.45, 7) is 2.01. The lowest BCUT2D eigenvalue weighted by Crippen LogP contribution is -2.39. The predicted octanol–water partition coefficient (Wildman–Crippen LogP) is 4.30. The Labute approximate surface area is 165 Å². The molecular weight excluding hydrogens is 379 g/mol. The highest BCUT2D eigenvalue weighted by molar-refractivity contribution is 6.31. The Kier molecular flexibility index (Phi) is 4.61. The van der Waals surface area contributed by atoms with Crippen molar-refractivity contribution in [2.24, 2.45) is 0 Å². The first kappa shape index (κ1) is 18.2. The molecule has 4 rings (SSSR count). The van der Waals surface area contributed by atoms with Gasteiger partial charge in [-0.05, 0) is 54.4 Å². The summed E-state index contributed by atoms with van der Waals surface area (Å²) >= 11 is 6.17. The fourth-order valence-electron chi connectivity index (χ4n) is 3.29. The Hall–Kier alpha value is -3.18. The number of aryl methyl sites for hydroxylation is 1.